The highest BCUT2D eigenvalue weighted by Crippen LogP contribution is 2.17. The Kier molecular flexibility index (Phi) is 5.43. The minimum Gasteiger partial charge on any atom is -0.489 e. The number of aromatic nitrogens is 3. The largest absolute Gasteiger partial charge is 0.489 e. The van der Waals surface area contributed by atoms with E-state index in [-0.39, 0.29) is 12.0 Å². The first-order valence-electron chi connectivity index (χ1n) is 8.35. The minimum atomic E-state index is -0.223. The fourth-order valence-electron chi connectivity index (χ4n) is 2.73. The van der Waals surface area contributed by atoms with Crippen molar-refractivity contribution in [3.05, 3.63) is 42.2 Å². The van der Waals surface area contributed by atoms with Gasteiger partial charge in [0.25, 0.3) is 5.91 Å². The van der Waals surface area contributed by atoms with Crippen LogP contribution in [0.3, 0.4) is 0 Å². The highest BCUT2D eigenvalue weighted by atomic mass is 16.5. The van der Waals surface area contributed by atoms with Crippen molar-refractivity contribution in [2.45, 2.75) is 31.9 Å². The first-order chi connectivity index (χ1) is 11.7. The molecule has 1 aliphatic heterocycles. The zero-order chi connectivity index (χ0) is 16.8. The molecule has 1 aromatic heterocycles. The summed E-state index contributed by atoms with van der Waals surface area (Å²) < 4.78 is 7.54. The molecular weight excluding hydrogens is 306 g/mol. The van der Waals surface area contributed by atoms with Gasteiger partial charge in [-0.1, -0.05) is 23.4 Å². The van der Waals surface area contributed by atoms with Gasteiger partial charge in [0.15, 0.2) is 5.69 Å². The average molecular weight is 329 g/mol. The van der Waals surface area contributed by atoms with E-state index in [1.807, 2.05) is 37.3 Å². The topological polar surface area (TPSA) is 81.1 Å². The van der Waals surface area contributed by atoms with E-state index in [1.165, 1.54) is 0 Å². The van der Waals surface area contributed by atoms with E-state index >= 15 is 0 Å². The van der Waals surface area contributed by atoms with Gasteiger partial charge in [-0.05, 0) is 45.0 Å². The van der Waals surface area contributed by atoms with Crippen molar-refractivity contribution in [2.24, 2.45) is 0 Å². The second kappa shape index (κ2) is 7.92. The number of amides is 1. The summed E-state index contributed by atoms with van der Waals surface area (Å²) in [6.45, 7) is 4.27. The molecule has 0 radical (unpaired) electrons. The number of nitrogens with one attached hydrogen (secondary N) is 2. The van der Waals surface area contributed by atoms with Gasteiger partial charge < -0.3 is 15.4 Å². The fraction of sp³-hybridized carbons (Fsp3) is 0.471. The second-order valence-corrected chi connectivity index (χ2v) is 6.02. The summed E-state index contributed by atoms with van der Waals surface area (Å²) in [5.41, 5.74) is 0.348. The molecule has 0 saturated carbocycles. The van der Waals surface area contributed by atoms with E-state index in [0.29, 0.717) is 18.3 Å². The van der Waals surface area contributed by atoms with E-state index < -0.39 is 0 Å². The zero-order valence-electron chi connectivity index (χ0n) is 13.8. The van der Waals surface area contributed by atoms with Gasteiger partial charge in [0, 0.05) is 0 Å². The Morgan fingerprint density at radius 1 is 1.38 bits per heavy atom. The van der Waals surface area contributed by atoms with Crippen LogP contribution >= 0.6 is 0 Å². The van der Waals surface area contributed by atoms with Gasteiger partial charge in [-0.2, -0.15) is 0 Å². The number of rotatable bonds is 6. The Balaban J connectivity index is 1.49. The number of benzene rings is 1. The summed E-state index contributed by atoms with van der Waals surface area (Å²) in [5, 5.41) is 14.3. The molecule has 1 saturated heterocycles. The van der Waals surface area contributed by atoms with Crippen LogP contribution < -0.4 is 15.4 Å². The van der Waals surface area contributed by atoms with Crippen LogP contribution in [0, 0.1) is 0 Å². The molecule has 1 aliphatic rings. The Hall–Kier alpha value is -2.41. The number of nitrogens with zero attached hydrogens (tertiary/aromatic N) is 3. The maximum atomic E-state index is 12.2. The van der Waals surface area contributed by atoms with Gasteiger partial charge in [-0.25, -0.2) is 4.68 Å². The zero-order valence-corrected chi connectivity index (χ0v) is 13.8. The SMILES string of the molecule is CC(CNC(=O)c1cn(C2CCNCC2)nn1)Oc1ccccc1. The molecule has 0 aliphatic carbocycles. The third-order valence-corrected chi connectivity index (χ3v) is 4.06. The predicted molar refractivity (Wildman–Crippen MR) is 90.0 cm³/mol. The normalized spacial score (nSPS) is 16.5. The molecule has 1 amide bonds. The van der Waals surface area contributed by atoms with Crippen molar-refractivity contribution < 1.29 is 9.53 Å². The first-order valence-corrected chi connectivity index (χ1v) is 8.35. The minimum absolute atomic E-state index is 0.129. The van der Waals surface area contributed by atoms with Crippen molar-refractivity contribution in [3.63, 3.8) is 0 Å². The third kappa shape index (κ3) is 4.32. The van der Waals surface area contributed by atoms with Crippen molar-refractivity contribution in [2.75, 3.05) is 19.6 Å². The van der Waals surface area contributed by atoms with Gasteiger partial charge in [-0.3, -0.25) is 4.79 Å². The summed E-state index contributed by atoms with van der Waals surface area (Å²) in [5.74, 6) is 0.565. The lowest BCUT2D eigenvalue weighted by Crippen LogP contribution is -2.33. The first kappa shape index (κ1) is 16.4. The Bertz CT molecular complexity index is 652. The number of hydrogen-bond donors (Lipinski definition) is 2. The number of piperidine rings is 1. The van der Waals surface area contributed by atoms with Gasteiger partial charge in [0.05, 0.1) is 18.8 Å². The van der Waals surface area contributed by atoms with E-state index in [4.69, 9.17) is 4.74 Å². The monoisotopic (exact) mass is 329 g/mol. The molecule has 7 nitrogen and oxygen atoms in total. The molecule has 3 rings (SSSR count). The van der Waals surface area contributed by atoms with Gasteiger partial charge >= 0.3 is 0 Å². The molecule has 1 aromatic carbocycles. The predicted octanol–water partition coefficient (Wildman–Crippen LogP) is 1.40. The molecule has 1 fully saturated rings. The van der Waals surface area contributed by atoms with Gasteiger partial charge in [0.1, 0.15) is 11.9 Å². The molecule has 2 aromatic rings. The molecule has 7 heteroatoms. The summed E-state index contributed by atoms with van der Waals surface area (Å²) in [6.07, 6.45) is 3.61. The molecule has 2 N–H and O–H groups in total. The van der Waals surface area contributed by atoms with Crippen LogP contribution in [-0.2, 0) is 0 Å². The van der Waals surface area contributed by atoms with Gasteiger partial charge in [0.2, 0.25) is 0 Å². The van der Waals surface area contributed by atoms with E-state index in [2.05, 4.69) is 20.9 Å². The Morgan fingerprint density at radius 2 is 2.12 bits per heavy atom. The lowest BCUT2D eigenvalue weighted by Gasteiger charge is -2.22. The standard InChI is InChI=1S/C17H23N5O2/c1-13(24-15-5-3-2-4-6-15)11-19-17(23)16-12-22(21-20-16)14-7-9-18-10-8-14/h2-6,12-14,18H,7-11H2,1H3,(H,19,23). The average Bonchev–Trinajstić information content (AvgIpc) is 3.11. The highest BCUT2D eigenvalue weighted by Gasteiger charge is 2.19. The van der Waals surface area contributed by atoms with E-state index in [1.54, 1.807) is 10.9 Å². The van der Waals surface area contributed by atoms with Crippen LogP contribution in [0.25, 0.3) is 0 Å². The van der Waals surface area contributed by atoms with E-state index in [9.17, 15) is 4.79 Å². The fourth-order valence-corrected chi connectivity index (χ4v) is 2.73. The molecule has 0 spiro atoms. The van der Waals surface area contributed by atoms with Crippen LogP contribution in [0.5, 0.6) is 5.75 Å². The number of carbonyl (C=O) groups is 1. The molecule has 1 atom stereocenters. The van der Waals surface area contributed by atoms with Crippen LogP contribution in [0.1, 0.15) is 36.3 Å². The van der Waals surface area contributed by atoms with E-state index in [0.717, 1.165) is 31.7 Å². The smallest absolute Gasteiger partial charge is 0.273 e. The van der Waals surface area contributed by atoms with Crippen molar-refractivity contribution in [1.82, 2.24) is 25.6 Å². The van der Waals surface area contributed by atoms with Crippen LogP contribution in [0.2, 0.25) is 0 Å². The maximum absolute atomic E-state index is 12.2. The van der Waals surface area contributed by atoms with Crippen molar-refractivity contribution >= 4 is 5.91 Å². The summed E-state index contributed by atoms with van der Waals surface area (Å²) >= 11 is 0. The lowest BCUT2D eigenvalue weighted by molar-refractivity contribution is 0.0927. The molecule has 2 heterocycles. The quantitative estimate of drug-likeness (QED) is 0.837. The molecule has 1 unspecified atom stereocenters. The maximum Gasteiger partial charge on any atom is 0.273 e. The van der Waals surface area contributed by atoms with Crippen LogP contribution in [0.4, 0.5) is 0 Å². The Labute approximate surface area is 141 Å². The summed E-state index contributed by atoms with van der Waals surface area (Å²) in [6, 6.07) is 9.87. The number of ether oxygens (including phenoxy) is 1. The highest BCUT2D eigenvalue weighted by molar-refractivity contribution is 5.91. The second-order valence-electron chi connectivity index (χ2n) is 6.02. The lowest BCUT2D eigenvalue weighted by atomic mass is 10.1. The number of para-hydroxylation sites is 1. The molecule has 24 heavy (non-hydrogen) atoms. The molecular formula is C17H23N5O2. The number of carbonyl (C=O) groups excluding carboxylic acids is 1. The number of hydrogen-bond acceptors (Lipinski definition) is 5. The van der Waals surface area contributed by atoms with Crippen LogP contribution in [0.15, 0.2) is 36.5 Å². The molecule has 0 bridgehead atoms. The van der Waals surface area contributed by atoms with Gasteiger partial charge in [-0.15, -0.1) is 5.10 Å². The van der Waals surface area contributed by atoms with Crippen molar-refractivity contribution in [1.29, 1.82) is 0 Å². The third-order valence-electron chi connectivity index (χ3n) is 4.06. The Morgan fingerprint density at radius 3 is 2.88 bits per heavy atom. The van der Waals surface area contributed by atoms with Crippen molar-refractivity contribution in [3.8, 4) is 5.75 Å². The summed E-state index contributed by atoms with van der Waals surface area (Å²) in [7, 11) is 0. The molecule has 128 valence electrons. The van der Waals surface area contributed by atoms with Crippen LogP contribution in [-0.4, -0.2) is 46.6 Å². The summed E-state index contributed by atoms with van der Waals surface area (Å²) in [4.78, 5) is 12.2.